The molecule has 0 aliphatic carbocycles. The molecule has 23 heavy (non-hydrogen) atoms. The average Bonchev–Trinajstić information content (AvgIpc) is 2.93. The van der Waals surface area contributed by atoms with Crippen LogP contribution in [0.25, 0.3) is 0 Å². The number of methoxy groups -OCH3 is 1. The molecule has 0 aliphatic heterocycles. The van der Waals surface area contributed by atoms with Crippen LogP contribution in [0.5, 0.6) is 5.75 Å². The summed E-state index contributed by atoms with van der Waals surface area (Å²) in [6.45, 7) is 0.753. The molecule has 2 rings (SSSR count). The van der Waals surface area contributed by atoms with E-state index >= 15 is 0 Å². The zero-order valence-electron chi connectivity index (χ0n) is 12.3. The van der Waals surface area contributed by atoms with Gasteiger partial charge in [-0.3, -0.25) is 4.79 Å². The molecule has 2 aromatic rings. The lowest BCUT2D eigenvalue weighted by molar-refractivity contribution is -0.116. The molecule has 0 fully saturated rings. The maximum Gasteiger partial charge on any atom is 0.226 e. The summed E-state index contributed by atoms with van der Waals surface area (Å²) in [5, 5.41) is 12.6. The monoisotopic (exact) mass is 375 g/mol. The van der Waals surface area contributed by atoms with E-state index < -0.39 is 0 Å². The number of halogens is 2. The van der Waals surface area contributed by atoms with Gasteiger partial charge in [-0.25, -0.2) is 0 Å². The van der Waals surface area contributed by atoms with Crippen LogP contribution in [0.4, 0.5) is 5.13 Å². The molecule has 0 atom stereocenters. The van der Waals surface area contributed by atoms with E-state index in [-0.39, 0.29) is 5.91 Å². The highest BCUT2D eigenvalue weighted by Crippen LogP contribution is 2.27. The summed E-state index contributed by atoms with van der Waals surface area (Å²) < 4.78 is 10.5. The Hall–Kier alpha value is -1.41. The molecule has 1 aromatic heterocycles. The second-order valence-electron chi connectivity index (χ2n) is 4.51. The first-order valence-corrected chi connectivity index (χ1v) is 8.34. The van der Waals surface area contributed by atoms with Gasteiger partial charge in [0.1, 0.15) is 17.4 Å². The predicted molar refractivity (Wildman–Crippen MR) is 90.4 cm³/mol. The van der Waals surface area contributed by atoms with Gasteiger partial charge in [-0.05, 0) is 24.6 Å². The third-order valence-corrected chi connectivity index (χ3v) is 4.02. The van der Waals surface area contributed by atoms with Gasteiger partial charge in [0, 0.05) is 18.6 Å². The van der Waals surface area contributed by atoms with Crippen molar-refractivity contribution < 1.29 is 14.3 Å². The van der Waals surface area contributed by atoms with Crippen molar-refractivity contribution in [2.75, 3.05) is 19.0 Å². The molecular formula is C14H15Cl2N3O3S. The fourth-order valence-corrected chi connectivity index (χ4v) is 2.87. The number of hydrogen-bond donors (Lipinski definition) is 1. The third kappa shape index (κ3) is 5.95. The Morgan fingerprint density at radius 1 is 1.35 bits per heavy atom. The van der Waals surface area contributed by atoms with E-state index in [0.717, 1.165) is 0 Å². The molecule has 1 aromatic carbocycles. The molecule has 1 amide bonds. The average molecular weight is 376 g/mol. The largest absolute Gasteiger partial charge is 0.492 e. The highest BCUT2D eigenvalue weighted by Gasteiger charge is 2.08. The Morgan fingerprint density at radius 2 is 2.17 bits per heavy atom. The molecule has 0 saturated carbocycles. The minimum Gasteiger partial charge on any atom is -0.492 e. The molecular weight excluding hydrogens is 361 g/mol. The van der Waals surface area contributed by atoms with Crippen LogP contribution in [0.15, 0.2) is 18.2 Å². The first kappa shape index (κ1) is 17.9. The minimum atomic E-state index is -0.143. The lowest BCUT2D eigenvalue weighted by atomic mass is 10.3. The van der Waals surface area contributed by atoms with Crippen molar-refractivity contribution >= 4 is 45.6 Å². The molecule has 9 heteroatoms. The van der Waals surface area contributed by atoms with Gasteiger partial charge in [-0.1, -0.05) is 34.5 Å². The predicted octanol–water partition coefficient (Wildman–Crippen LogP) is 3.79. The number of benzene rings is 1. The number of anilines is 1. The van der Waals surface area contributed by atoms with Crippen molar-refractivity contribution in [3.63, 3.8) is 0 Å². The summed E-state index contributed by atoms with van der Waals surface area (Å²) in [7, 11) is 1.58. The quantitative estimate of drug-likeness (QED) is 0.710. The summed E-state index contributed by atoms with van der Waals surface area (Å²) in [4.78, 5) is 11.8. The van der Waals surface area contributed by atoms with Crippen LogP contribution < -0.4 is 10.1 Å². The van der Waals surface area contributed by atoms with E-state index in [2.05, 4.69) is 15.5 Å². The Balaban J connectivity index is 1.70. The van der Waals surface area contributed by atoms with Gasteiger partial charge >= 0.3 is 0 Å². The molecule has 124 valence electrons. The molecule has 0 bridgehead atoms. The highest BCUT2D eigenvalue weighted by molar-refractivity contribution is 7.15. The number of hydrogen-bond acceptors (Lipinski definition) is 6. The maximum atomic E-state index is 11.8. The summed E-state index contributed by atoms with van der Waals surface area (Å²) in [6, 6.07) is 5.00. The number of ether oxygens (including phenoxy) is 2. The standard InChI is InChI=1S/C14H15Cl2N3O3S/c1-21-8-13-18-19-14(23-13)17-12(20)3-2-6-22-11-5-4-9(15)7-10(11)16/h4-5,7H,2-3,6,8H2,1H3,(H,17,19,20). The molecule has 1 heterocycles. The van der Waals surface area contributed by atoms with Crippen LogP contribution in [-0.2, 0) is 16.1 Å². The van der Waals surface area contributed by atoms with Crippen molar-refractivity contribution in [3.8, 4) is 5.75 Å². The summed E-state index contributed by atoms with van der Waals surface area (Å²) in [5.74, 6) is 0.403. The highest BCUT2D eigenvalue weighted by atomic mass is 35.5. The van der Waals surface area contributed by atoms with Crippen molar-refractivity contribution in [3.05, 3.63) is 33.3 Å². The number of carbonyl (C=O) groups is 1. The summed E-state index contributed by atoms with van der Waals surface area (Å²) in [6.07, 6.45) is 0.860. The number of aromatic nitrogens is 2. The van der Waals surface area contributed by atoms with Crippen molar-refractivity contribution in [1.29, 1.82) is 0 Å². The molecule has 6 nitrogen and oxygen atoms in total. The lowest BCUT2D eigenvalue weighted by Crippen LogP contribution is -2.12. The Labute approximate surface area is 147 Å². The van der Waals surface area contributed by atoms with E-state index in [1.165, 1.54) is 11.3 Å². The summed E-state index contributed by atoms with van der Waals surface area (Å²) in [5.41, 5.74) is 0. The van der Waals surface area contributed by atoms with E-state index in [4.69, 9.17) is 32.7 Å². The van der Waals surface area contributed by atoms with Crippen LogP contribution >= 0.6 is 34.5 Å². The number of amides is 1. The van der Waals surface area contributed by atoms with Gasteiger partial charge in [0.15, 0.2) is 0 Å². The van der Waals surface area contributed by atoms with E-state index in [1.807, 2.05) is 0 Å². The molecule has 0 saturated heterocycles. The smallest absolute Gasteiger partial charge is 0.226 e. The molecule has 0 unspecified atom stereocenters. The maximum absolute atomic E-state index is 11.8. The number of carbonyl (C=O) groups excluding carboxylic acids is 1. The first-order valence-electron chi connectivity index (χ1n) is 6.77. The second-order valence-corrected chi connectivity index (χ2v) is 6.41. The van der Waals surface area contributed by atoms with Crippen molar-refractivity contribution in [1.82, 2.24) is 10.2 Å². The van der Waals surface area contributed by atoms with Gasteiger partial charge in [0.2, 0.25) is 11.0 Å². The minimum absolute atomic E-state index is 0.143. The van der Waals surface area contributed by atoms with Crippen molar-refractivity contribution in [2.24, 2.45) is 0 Å². The zero-order valence-corrected chi connectivity index (χ0v) is 14.7. The number of rotatable bonds is 8. The number of nitrogens with one attached hydrogen (secondary N) is 1. The lowest BCUT2D eigenvalue weighted by Gasteiger charge is -2.07. The van der Waals surface area contributed by atoms with Gasteiger partial charge in [0.25, 0.3) is 0 Å². The van der Waals surface area contributed by atoms with Crippen LogP contribution in [0.2, 0.25) is 10.0 Å². The fraction of sp³-hybridized carbons (Fsp3) is 0.357. The molecule has 1 N–H and O–H groups in total. The molecule has 0 aliphatic rings. The van der Waals surface area contributed by atoms with Crippen LogP contribution in [0.3, 0.4) is 0 Å². The SMILES string of the molecule is COCc1nnc(NC(=O)CCCOc2ccc(Cl)cc2Cl)s1. The van der Waals surface area contributed by atoms with Crippen molar-refractivity contribution in [2.45, 2.75) is 19.4 Å². The molecule has 0 spiro atoms. The number of nitrogens with zero attached hydrogens (tertiary/aromatic N) is 2. The normalized spacial score (nSPS) is 10.6. The fourth-order valence-electron chi connectivity index (χ4n) is 1.67. The van der Waals surface area contributed by atoms with E-state index in [1.54, 1.807) is 25.3 Å². The Kier molecular flexibility index (Phi) is 7.04. The topological polar surface area (TPSA) is 73.3 Å². The van der Waals surface area contributed by atoms with Gasteiger partial charge in [-0.15, -0.1) is 10.2 Å². The Bertz CT molecular complexity index is 666. The first-order chi connectivity index (χ1) is 11.1. The van der Waals surface area contributed by atoms with Gasteiger partial charge < -0.3 is 14.8 Å². The van der Waals surface area contributed by atoms with Crippen LogP contribution in [0.1, 0.15) is 17.8 Å². The van der Waals surface area contributed by atoms with Gasteiger partial charge in [-0.2, -0.15) is 0 Å². The summed E-state index contributed by atoms with van der Waals surface area (Å²) >= 11 is 13.1. The molecule has 0 radical (unpaired) electrons. The van der Waals surface area contributed by atoms with E-state index in [9.17, 15) is 4.79 Å². The zero-order chi connectivity index (χ0) is 16.7. The third-order valence-electron chi connectivity index (χ3n) is 2.68. The Morgan fingerprint density at radius 3 is 2.91 bits per heavy atom. The van der Waals surface area contributed by atoms with Crippen LogP contribution in [0, 0.1) is 0 Å². The van der Waals surface area contributed by atoms with Crippen LogP contribution in [-0.4, -0.2) is 29.8 Å². The van der Waals surface area contributed by atoms with Gasteiger partial charge in [0.05, 0.1) is 11.6 Å². The second kappa shape index (κ2) is 9.02. The van der Waals surface area contributed by atoms with E-state index in [0.29, 0.717) is 52.0 Å².